The number of carbonyl (C=O) groups is 1. The van der Waals surface area contributed by atoms with Gasteiger partial charge in [0.2, 0.25) is 0 Å². The van der Waals surface area contributed by atoms with Crippen LogP contribution in [0.25, 0.3) is 0 Å². The molecule has 126 valence electrons. The summed E-state index contributed by atoms with van der Waals surface area (Å²) in [4.78, 5) is 14.3. The Balaban J connectivity index is 1.80. The lowest BCUT2D eigenvalue weighted by molar-refractivity contribution is -0.0228. The Kier molecular flexibility index (Phi) is 5.30. The molecular formula is C17H13Cl3FNO2. The number of benzene rings is 2. The number of nitrogens with zero attached hydrogens (tertiary/aromatic N) is 1. The Morgan fingerprint density at radius 3 is 2.54 bits per heavy atom. The zero-order chi connectivity index (χ0) is 17.3. The number of hydrogen-bond donors (Lipinski definition) is 0. The van der Waals surface area contributed by atoms with Crippen LogP contribution in [0.1, 0.15) is 22.0 Å². The number of morpholine rings is 1. The summed E-state index contributed by atoms with van der Waals surface area (Å²) in [5.74, 6) is -1.02. The first-order valence-electron chi connectivity index (χ1n) is 7.26. The van der Waals surface area contributed by atoms with Gasteiger partial charge in [-0.2, -0.15) is 0 Å². The van der Waals surface area contributed by atoms with E-state index >= 15 is 0 Å². The number of halogens is 4. The Morgan fingerprint density at radius 2 is 1.83 bits per heavy atom. The van der Waals surface area contributed by atoms with Gasteiger partial charge in [0.05, 0.1) is 28.8 Å². The molecule has 3 rings (SSSR count). The summed E-state index contributed by atoms with van der Waals surface area (Å²) in [6, 6.07) is 9.56. The average Bonchev–Trinajstić information content (AvgIpc) is 2.58. The van der Waals surface area contributed by atoms with E-state index in [1.165, 1.54) is 6.07 Å². The topological polar surface area (TPSA) is 29.5 Å². The van der Waals surface area contributed by atoms with Gasteiger partial charge in [-0.3, -0.25) is 4.79 Å². The van der Waals surface area contributed by atoms with Crippen LogP contribution in [-0.2, 0) is 4.74 Å². The fraction of sp³-hybridized carbons (Fsp3) is 0.235. The molecule has 0 bridgehead atoms. The highest BCUT2D eigenvalue weighted by Crippen LogP contribution is 2.28. The molecule has 1 heterocycles. The molecule has 0 radical (unpaired) electrons. The number of carbonyl (C=O) groups excluding carboxylic acids is 1. The second kappa shape index (κ2) is 7.28. The minimum atomic E-state index is -0.674. The molecule has 3 nitrogen and oxygen atoms in total. The number of rotatable bonds is 2. The molecule has 1 fully saturated rings. The lowest BCUT2D eigenvalue weighted by Crippen LogP contribution is -2.42. The van der Waals surface area contributed by atoms with E-state index in [2.05, 4.69) is 0 Å². The van der Waals surface area contributed by atoms with Crippen LogP contribution < -0.4 is 0 Å². The Bertz CT molecular complexity index is 767. The lowest BCUT2D eigenvalue weighted by Gasteiger charge is -2.33. The summed E-state index contributed by atoms with van der Waals surface area (Å²) in [7, 11) is 0. The number of ether oxygens (including phenoxy) is 1. The van der Waals surface area contributed by atoms with Crippen molar-refractivity contribution in [2.45, 2.75) is 6.10 Å². The largest absolute Gasteiger partial charge is 0.370 e. The van der Waals surface area contributed by atoms with Crippen molar-refractivity contribution in [1.29, 1.82) is 0 Å². The van der Waals surface area contributed by atoms with Gasteiger partial charge in [0.25, 0.3) is 5.91 Å². The Labute approximate surface area is 153 Å². The van der Waals surface area contributed by atoms with Crippen molar-refractivity contribution in [2.24, 2.45) is 0 Å². The molecule has 1 amide bonds. The Hall–Kier alpha value is -1.33. The summed E-state index contributed by atoms with van der Waals surface area (Å²) in [6.45, 7) is 1.14. The van der Waals surface area contributed by atoms with Crippen molar-refractivity contribution >= 4 is 40.7 Å². The minimum Gasteiger partial charge on any atom is -0.370 e. The summed E-state index contributed by atoms with van der Waals surface area (Å²) in [5, 5.41) is 0.643. The van der Waals surface area contributed by atoms with E-state index < -0.39 is 5.82 Å². The van der Waals surface area contributed by atoms with Gasteiger partial charge in [0.1, 0.15) is 11.9 Å². The van der Waals surface area contributed by atoms with Crippen molar-refractivity contribution in [3.63, 3.8) is 0 Å². The van der Waals surface area contributed by atoms with Gasteiger partial charge in [-0.25, -0.2) is 4.39 Å². The molecule has 7 heteroatoms. The second-order valence-electron chi connectivity index (χ2n) is 5.41. The van der Waals surface area contributed by atoms with Crippen molar-refractivity contribution in [2.75, 3.05) is 19.7 Å². The molecule has 0 saturated carbocycles. The molecular weight excluding hydrogens is 376 g/mol. The summed E-state index contributed by atoms with van der Waals surface area (Å²) in [6.07, 6.45) is -0.268. The predicted octanol–water partition coefficient (Wildman–Crippen LogP) is 5.00. The molecule has 1 atom stereocenters. The molecule has 2 aromatic rings. The van der Waals surface area contributed by atoms with E-state index in [9.17, 15) is 9.18 Å². The molecule has 0 N–H and O–H groups in total. The van der Waals surface area contributed by atoms with E-state index in [-0.39, 0.29) is 27.6 Å². The zero-order valence-corrected chi connectivity index (χ0v) is 14.7. The second-order valence-corrected chi connectivity index (χ2v) is 6.66. The normalized spacial score (nSPS) is 17.8. The highest BCUT2D eigenvalue weighted by Gasteiger charge is 2.27. The lowest BCUT2D eigenvalue weighted by atomic mass is 10.1. The molecule has 1 aliphatic rings. The smallest absolute Gasteiger partial charge is 0.255 e. The number of amides is 1. The van der Waals surface area contributed by atoms with Crippen LogP contribution in [0, 0.1) is 5.82 Å². The van der Waals surface area contributed by atoms with Gasteiger partial charge in [-0.05, 0) is 29.8 Å². The van der Waals surface area contributed by atoms with E-state index in [1.807, 2.05) is 12.1 Å². The summed E-state index contributed by atoms with van der Waals surface area (Å²) >= 11 is 17.6. The van der Waals surface area contributed by atoms with Gasteiger partial charge >= 0.3 is 0 Å². The first-order valence-corrected chi connectivity index (χ1v) is 8.40. The fourth-order valence-electron chi connectivity index (χ4n) is 2.57. The van der Waals surface area contributed by atoms with Gasteiger partial charge < -0.3 is 9.64 Å². The molecule has 0 aliphatic carbocycles. The average molecular weight is 389 g/mol. The molecule has 1 unspecified atom stereocenters. The van der Waals surface area contributed by atoms with Gasteiger partial charge in [-0.15, -0.1) is 0 Å². The fourth-order valence-corrected chi connectivity index (χ4v) is 3.16. The third-order valence-electron chi connectivity index (χ3n) is 3.84. The van der Waals surface area contributed by atoms with Crippen LogP contribution in [-0.4, -0.2) is 30.5 Å². The van der Waals surface area contributed by atoms with Gasteiger partial charge in [-0.1, -0.05) is 46.9 Å². The third-order valence-corrected chi connectivity index (χ3v) is 4.69. The summed E-state index contributed by atoms with van der Waals surface area (Å²) < 4.78 is 19.4. The van der Waals surface area contributed by atoms with Gasteiger partial charge in [0.15, 0.2) is 0 Å². The minimum absolute atomic E-state index is 0.0929. The maximum atomic E-state index is 13.7. The standard InChI is InChI=1S/C17H13Cl3FNO2/c18-11-3-1-10(2-4-11)16-9-22(5-6-24-16)17(23)12-7-15(21)14(20)8-13(12)19/h1-4,7-8,16H,5-6,9H2. The highest BCUT2D eigenvalue weighted by atomic mass is 35.5. The Morgan fingerprint density at radius 1 is 1.12 bits per heavy atom. The van der Waals surface area contributed by atoms with Crippen LogP contribution in [0.15, 0.2) is 36.4 Å². The maximum Gasteiger partial charge on any atom is 0.255 e. The SMILES string of the molecule is O=C(c1cc(F)c(Cl)cc1Cl)N1CCOC(c2ccc(Cl)cc2)C1. The van der Waals surface area contributed by atoms with E-state index in [4.69, 9.17) is 39.5 Å². The van der Waals surface area contributed by atoms with Crippen molar-refractivity contribution < 1.29 is 13.9 Å². The van der Waals surface area contributed by atoms with Crippen LogP contribution in [0.3, 0.4) is 0 Å². The molecule has 24 heavy (non-hydrogen) atoms. The van der Waals surface area contributed by atoms with Crippen LogP contribution in [0.4, 0.5) is 4.39 Å². The molecule has 1 aliphatic heterocycles. The number of hydrogen-bond acceptors (Lipinski definition) is 2. The van der Waals surface area contributed by atoms with Crippen LogP contribution in [0.5, 0.6) is 0 Å². The summed E-state index contributed by atoms with van der Waals surface area (Å²) in [5.41, 5.74) is 1.01. The van der Waals surface area contributed by atoms with Crippen molar-refractivity contribution in [3.05, 3.63) is 68.4 Å². The predicted molar refractivity (Wildman–Crippen MR) is 92.5 cm³/mol. The van der Waals surface area contributed by atoms with E-state index in [1.54, 1.807) is 17.0 Å². The molecule has 1 saturated heterocycles. The first kappa shape index (κ1) is 17.5. The zero-order valence-electron chi connectivity index (χ0n) is 12.4. The quantitative estimate of drug-likeness (QED) is 0.678. The van der Waals surface area contributed by atoms with E-state index in [0.717, 1.165) is 11.6 Å². The van der Waals surface area contributed by atoms with Gasteiger partial charge in [0, 0.05) is 11.6 Å². The van der Waals surface area contributed by atoms with Crippen molar-refractivity contribution in [1.82, 2.24) is 4.90 Å². The van der Waals surface area contributed by atoms with Crippen molar-refractivity contribution in [3.8, 4) is 0 Å². The molecule has 0 aromatic heterocycles. The highest BCUT2D eigenvalue weighted by molar-refractivity contribution is 6.36. The van der Waals surface area contributed by atoms with Crippen LogP contribution in [0.2, 0.25) is 15.1 Å². The maximum absolute atomic E-state index is 13.7. The first-order chi connectivity index (χ1) is 11.5. The third kappa shape index (κ3) is 3.67. The van der Waals surface area contributed by atoms with Crippen LogP contribution >= 0.6 is 34.8 Å². The monoisotopic (exact) mass is 387 g/mol. The molecule has 2 aromatic carbocycles. The van der Waals surface area contributed by atoms with E-state index in [0.29, 0.717) is 24.7 Å². The molecule has 0 spiro atoms.